The van der Waals surface area contributed by atoms with Crippen molar-refractivity contribution >= 4 is 27.6 Å². The number of aromatic amines is 1. The molecule has 3 N–H and O–H groups in total. The molecular formula is C23H27F2N5. The molecule has 0 aliphatic rings. The molecule has 0 atom stereocenters. The fourth-order valence-electron chi connectivity index (χ4n) is 4.68. The number of nitrogen functional groups attached to an aromatic ring is 1. The van der Waals surface area contributed by atoms with Gasteiger partial charge in [-0.1, -0.05) is 34.6 Å². The first-order valence-corrected chi connectivity index (χ1v) is 9.99. The van der Waals surface area contributed by atoms with Crippen molar-refractivity contribution in [3.63, 3.8) is 0 Å². The topological polar surface area (TPSA) is 72.5 Å². The van der Waals surface area contributed by atoms with Crippen LogP contribution in [-0.4, -0.2) is 20.0 Å². The lowest BCUT2D eigenvalue weighted by atomic mass is 9.80. The van der Waals surface area contributed by atoms with Gasteiger partial charge in [-0.15, -0.1) is 0 Å². The molecule has 0 spiro atoms. The molecule has 2 heterocycles. The molecule has 0 saturated heterocycles. The van der Waals surface area contributed by atoms with Crippen molar-refractivity contribution in [1.82, 2.24) is 20.0 Å². The monoisotopic (exact) mass is 411 g/mol. The lowest BCUT2D eigenvalue weighted by Gasteiger charge is -2.28. The zero-order chi connectivity index (χ0) is 22.0. The van der Waals surface area contributed by atoms with Gasteiger partial charge in [0.2, 0.25) is 0 Å². The fourth-order valence-corrected chi connectivity index (χ4v) is 4.68. The van der Waals surface area contributed by atoms with E-state index in [0.717, 1.165) is 22.0 Å². The first kappa shape index (κ1) is 20.3. The Morgan fingerprint density at radius 3 is 2.43 bits per heavy atom. The maximum absolute atomic E-state index is 14.7. The summed E-state index contributed by atoms with van der Waals surface area (Å²) in [5.74, 6) is -0.289. The molecule has 0 radical (unpaired) electrons. The molecule has 2 aromatic carbocycles. The Hall–Kier alpha value is -2.96. The van der Waals surface area contributed by atoms with E-state index in [-0.39, 0.29) is 11.6 Å². The second kappa shape index (κ2) is 6.52. The minimum absolute atomic E-state index is 0.282. The van der Waals surface area contributed by atoms with Gasteiger partial charge < -0.3 is 5.73 Å². The number of anilines is 1. The highest BCUT2D eigenvalue weighted by atomic mass is 19.1. The summed E-state index contributed by atoms with van der Waals surface area (Å²) < 4.78 is 30.9. The van der Waals surface area contributed by atoms with Gasteiger partial charge in [-0.3, -0.25) is 9.78 Å². The fraction of sp³-hybridized carbons (Fsp3) is 0.391. The molecule has 0 amide bonds. The molecule has 158 valence electrons. The maximum Gasteiger partial charge on any atom is 0.153 e. The zero-order valence-electron chi connectivity index (χ0n) is 18.2. The van der Waals surface area contributed by atoms with Gasteiger partial charge >= 0.3 is 0 Å². The standard InChI is InChI=1S/C23H27F2N5/c1-12-9-15(25)20-13(10-27-28-20)18(12)23(5,6)11-30-16-8-7-14(24)19(22(2,3)4)17(16)21(26)29-30/h7-10H,11H2,1-6H3,(H2,26,29)(H,27,28). The van der Waals surface area contributed by atoms with E-state index in [1.165, 1.54) is 12.1 Å². The molecule has 5 nitrogen and oxygen atoms in total. The highest BCUT2D eigenvalue weighted by Crippen LogP contribution is 2.39. The van der Waals surface area contributed by atoms with Crippen molar-refractivity contribution in [1.29, 1.82) is 0 Å². The lowest BCUT2D eigenvalue weighted by Crippen LogP contribution is -2.26. The van der Waals surface area contributed by atoms with Crippen LogP contribution < -0.4 is 5.73 Å². The summed E-state index contributed by atoms with van der Waals surface area (Å²) in [5, 5.41) is 12.8. The Kier molecular flexibility index (Phi) is 4.42. The molecule has 0 aliphatic carbocycles. The van der Waals surface area contributed by atoms with Crippen molar-refractivity contribution in [2.45, 2.75) is 58.9 Å². The van der Waals surface area contributed by atoms with E-state index >= 15 is 0 Å². The molecule has 4 aromatic rings. The van der Waals surface area contributed by atoms with E-state index in [4.69, 9.17) is 5.73 Å². The molecule has 4 rings (SSSR count). The van der Waals surface area contributed by atoms with Gasteiger partial charge in [-0.2, -0.15) is 10.2 Å². The van der Waals surface area contributed by atoms with Gasteiger partial charge in [0.1, 0.15) is 17.2 Å². The Morgan fingerprint density at radius 2 is 1.77 bits per heavy atom. The normalized spacial score (nSPS) is 12.9. The molecule has 0 unspecified atom stereocenters. The molecule has 7 heteroatoms. The number of aryl methyl sites for hydroxylation is 1. The number of rotatable bonds is 3. The second-order valence-electron chi connectivity index (χ2n) is 9.70. The number of nitrogens with zero attached hydrogens (tertiary/aromatic N) is 3. The van der Waals surface area contributed by atoms with Crippen LogP contribution in [0.1, 0.15) is 51.3 Å². The summed E-state index contributed by atoms with van der Waals surface area (Å²) in [4.78, 5) is 0. The lowest BCUT2D eigenvalue weighted by molar-refractivity contribution is 0.418. The maximum atomic E-state index is 14.7. The average molecular weight is 412 g/mol. The quantitative estimate of drug-likeness (QED) is 0.477. The van der Waals surface area contributed by atoms with Gasteiger partial charge in [0.15, 0.2) is 5.82 Å². The van der Waals surface area contributed by atoms with Crippen LogP contribution in [0.15, 0.2) is 24.4 Å². The van der Waals surface area contributed by atoms with Crippen LogP contribution in [0.5, 0.6) is 0 Å². The van der Waals surface area contributed by atoms with Gasteiger partial charge in [0.05, 0.1) is 23.6 Å². The summed E-state index contributed by atoms with van der Waals surface area (Å²) in [6, 6.07) is 4.73. The van der Waals surface area contributed by atoms with E-state index in [1.807, 2.05) is 32.4 Å². The highest BCUT2D eigenvalue weighted by Gasteiger charge is 2.30. The predicted octanol–water partition coefficient (Wildman–Crippen LogP) is 5.36. The minimum Gasteiger partial charge on any atom is -0.382 e. The minimum atomic E-state index is -0.419. The molecule has 0 fully saturated rings. The van der Waals surface area contributed by atoms with Gasteiger partial charge in [-0.05, 0) is 41.7 Å². The van der Waals surface area contributed by atoms with Crippen LogP contribution in [0.25, 0.3) is 21.8 Å². The molecule has 2 aromatic heterocycles. The molecule has 0 saturated carbocycles. The highest BCUT2D eigenvalue weighted by molar-refractivity contribution is 5.93. The molecular weight excluding hydrogens is 384 g/mol. The van der Waals surface area contributed by atoms with Crippen LogP contribution in [0.3, 0.4) is 0 Å². The number of benzene rings is 2. The van der Waals surface area contributed by atoms with Crippen molar-refractivity contribution < 1.29 is 8.78 Å². The number of H-pyrrole nitrogens is 1. The number of aromatic nitrogens is 4. The van der Waals surface area contributed by atoms with Crippen LogP contribution in [0, 0.1) is 18.6 Å². The third kappa shape index (κ3) is 3.04. The first-order valence-electron chi connectivity index (χ1n) is 9.99. The van der Waals surface area contributed by atoms with Crippen molar-refractivity contribution in [2.75, 3.05) is 5.73 Å². The van der Waals surface area contributed by atoms with Crippen molar-refractivity contribution in [2.24, 2.45) is 0 Å². The summed E-state index contributed by atoms with van der Waals surface area (Å²) in [6.45, 7) is 12.4. The predicted molar refractivity (Wildman–Crippen MR) is 117 cm³/mol. The van der Waals surface area contributed by atoms with Crippen LogP contribution in [0.2, 0.25) is 0 Å². The van der Waals surface area contributed by atoms with E-state index in [9.17, 15) is 8.78 Å². The van der Waals surface area contributed by atoms with Gasteiger partial charge in [-0.25, -0.2) is 8.78 Å². The largest absolute Gasteiger partial charge is 0.382 e. The Morgan fingerprint density at radius 1 is 1.07 bits per heavy atom. The number of fused-ring (bicyclic) bond motifs is 2. The summed E-state index contributed by atoms with van der Waals surface area (Å²) in [5.41, 5.74) is 9.01. The van der Waals surface area contributed by atoms with Gasteiger partial charge in [0, 0.05) is 16.4 Å². The second-order valence-corrected chi connectivity index (χ2v) is 9.70. The van der Waals surface area contributed by atoms with Crippen LogP contribution >= 0.6 is 0 Å². The summed E-state index contributed by atoms with van der Waals surface area (Å²) in [6.07, 6.45) is 1.66. The van der Waals surface area contributed by atoms with Crippen molar-refractivity contribution in [3.05, 3.63) is 52.7 Å². The number of hydrogen-bond acceptors (Lipinski definition) is 3. The summed E-state index contributed by atoms with van der Waals surface area (Å²) in [7, 11) is 0. The van der Waals surface area contributed by atoms with E-state index in [1.54, 1.807) is 12.3 Å². The number of nitrogens with two attached hydrogens (primary N) is 1. The Balaban J connectivity index is 1.89. The van der Waals surface area contributed by atoms with E-state index in [0.29, 0.717) is 28.8 Å². The summed E-state index contributed by atoms with van der Waals surface area (Å²) >= 11 is 0. The smallest absolute Gasteiger partial charge is 0.153 e. The van der Waals surface area contributed by atoms with E-state index in [2.05, 4.69) is 29.1 Å². The Labute approximate surface area is 174 Å². The Bertz CT molecular complexity index is 1270. The number of nitrogens with one attached hydrogen (secondary N) is 1. The van der Waals surface area contributed by atoms with Crippen LogP contribution in [0.4, 0.5) is 14.6 Å². The average Bonchev–Trinajstić information content (AvgIpc) is 3.19. The van der Waals surface area contributed by atoms with E-state index < -0.39 is 10.8 Å². The third-order valence-corrected chi connectivity index (χ3v) is 5.75. The number of halogens is 2. The number of hydrogen-bond donors (Lipinski definition) is 2. The SMILES string of the molecule is Cc1cc(F)c2[nH]ncc2c1C(C)(C)Cn1nc(N)c2c(C(C)(C)C)c(F)ccc21. The molecule has 0 aliphatic heterocycles. The molecule has 30 heavy (non-hydrogen) atoms. The first-order chi connectivity index (χ1) is 13.9. The van der Waals surface area contributed by atoms with Crippen molar-refractivity contribution in [3.8, 4) is 0 Å². The molecule has 0 bridgehead atoms. The van der Waals surface area contributed by atoms with Gasteiger partial charge in [0.25, 0.3) is 0 Å². The third-order valence-electron chi connectivity index (χ3n) is 5.75. The zero-order valence-corrected chi connectivity index (χ0v) is 18.2. The van der Waals surface area contributed by atoms with Crippen LogP contribution in [-0.2, 0) is 17.4 Å².